The number of hydrogen-bond donors (Lipinski definition) is 0. The monoisotopic (exact) mass is 530 g/mol. The van der Waals surface area contributed by atoms with Crippen LogP contribution in [0.2, 0.25) is 0 Å². The van der Waals surface area contributed by atoms with Crippen molar-refractivity contribution in [2.45, 2.75) is 51.8 Å². The zero-order chi connectivity index (χ0) is 27.7. The number of amides is 1. The van der Waals surface area contributed by atoms with Crippen molar-refractivity contribution in [2.24, 2.45) is 13.0 Å². The Morgan fingerprint density at radius 2 is 2.03 bits per heavy atom. The number of aromatic nitrogens is 4. The van der Waals surface area contributed by atoms with E-state index >= 15 is 0 Å². The van der Waals surface area contributed by atoms with Gasteiger partial charge in [-0.05, 0) is 58.1 Å². The number of carbonyl (C=O) groups is 1. The van der Waals surface area contributed by atoms with E-state index in [0.29, 0.717) is 30.5 Å². The van der Waals surface area contributed by atoms with Crippen LogP contribution in [0.4, 0.5) is 18.0 Å². The highest BCUT2D eigenvalue weighted by Gasteiger charge is 2.36. The second-order valence-electron chi connectivity index (χ2n) is 10.3. The predicted octanol–water partition coefficient (Wildman–Crippen LogP) is 5.34. The Hall–Kier alpha value is -3.88. The Morgan fingerprint density at radius 1 is 1.26 bits per heavy atom. The maximum Gasteiger partial charge on any atom is 0.421 e. The molecule has 0 N–H and O–H groups in total. The number of fused-ring (bicyclic) bond motifs is 1. The Morgan fingerprint density at radius 3 is 2.71 bits per heavy atom. The van der Waals surface area contributed by atoms with Gasteiger partial charge in [0.2, 0.25) is 11.7 Å². The largest absolute Gasteiger partial charge is 0.477 e. The number of hydrogen-bond acceptors (Lipinski definition) is 7. The molecule has 0 saturated carbocycles. The van der Waals surface area contributed by atoms with E-state index in [0.717, 1.165) is 18.9 Å². The summed E-state index contributed by atoms with van der Waals surface area (Å²) < 4.78 is 54.6. The Labute approximate surface area is 218 Å². The molecule has 3 aromatic heterocycles. The van der Waals surface area contributed by atoms with E-state index in [9.17, 15) is 23.2 Å². The number of nitrogens with zero attached hydrogens (tertiary/aromatic N) is 6. The lowest BCUT2D eigenvalue weighted by atomic mass is 9.95. The third-order valence-corrected chi connectivity index (χ3v) is 6.19. The Balaban J connectivity index is 1.50. The summed E-state index contributed by atoms with van der Waals surface area (Å²) in [6.45, 7) is 6.44. The van der Waals surface area contributed by atoms with Gasteiger partial charge in [-0.3, -0.25) is 0 Å². The second-order valence-corrected chi connectivity index (χ2v) is 10.3. The number of halogens is 3. The van der Waals surface area contributed by atoms with Crippen molar-refractivity contribution in [2.75, 3.05) is 19.7 Å². The first-order chi connectivity index (χ1) is 17.9. The van der Waals surface area contributed by atoms with Gasteiger partial charge in [-0.1, -0.05) is 0 Å². The summed E-state index contributed by atoms with van der Waals surface area (Å²) in [6.07, 6.45) is -0.0953. The van der Waals surface area contributed by atoms with Crippen molar-refractivity contribution in [1.82, 2.24) is 24.4 Å². The fourth-order valence-corrected chi connectivity index (χ4v) is 4.42. The van der Waals surface area contributed by atoms with Crippen LogP contribution >= 0.6 is 0 Å². The summed E-state index contributed by atoms with van der Waals surface area (Å²) in [4.78, 5) is 26.3. The highest BCUT2D eigenvalue weighted by Crippen LogP contribution is 2.38. The summed E-state index contributed by atoms with van der Waals surface area (Å²) in [7, 11) is 1.72. The molecule has 38 heavy (non-hydrogen) atoms. The van der Waals surface area contributed by atoms with Gasteiger partial charge in [0.25, 0.3) is 0 Å². The maximum absolute atomic E-state index is 14.0. The molecule has 1 aliphatic rings. The molecular formula is C26H29F3N6O3. The number of carbonyl (C=O) groups excluding carboxylic acids is 1. The van der Waals surface area contributed by atoms with Crippen molar-refractivity contribution in [1.29, 1.82) is 5.26 Å². The lowest BCUT2D eigenvalue weighted by Crippen LogP contribution is -2.43. The number of alkyl halides is 3. The zero-order valence-electron chi connectivity index (χ0n) is 21.7. The minimum atomic E-state index is -4.72. The summed E-state index contributed by atoms with van der Waals surface area (Å²) in [6, 6.07) is 4.46. The van der Waals surface area contributed by atoms with E-state index in [4.69, 9.17) is 9.47 Å². The topological polar surface area (TPSA) is 106 Å². The molecule has 202 valence electrons. The molecule has 1 fully saturated rings. The summed E-state index contributed by atoms with van der Waals surface area (Å²) in [5, 5.41) is 9.80. The van der Waals surface area contributed by atoms with Gasteiger partial charge < -0.3 is 18.9 Å². The van der Waals surface area contributed by atoms with Crippen LogP contribution in [0.25, 0.3) is 22.3 Å². The number of aryl methyl sites for hydroxylation is 1. The first-order valence-electron chi connectivity index (χ1n) is 12.3. The van der Waals surface area contributed by atoms with Crippen LogP contribution in [0, 0.1) is 17.2 Å². The number of piperidine rings is 1. The molecular weight excluding hydrogens is 501 g/mol. The summed E-state index contributed by atoms with van der Waals surface area (Å²) in [5.41, 5.74) is -0.933. The fraction of sp³-hybridized carbons (Fsp3) is 0.500. The molecule has 1 saturated heterocycles. The Bertz CT molecular complexity index is 1370. The van der Waals surface area contributed by atoms with E-state index in [1.54, 1.807) is 49.5 Å². The SMILES string of the molecule is Cn1ccc2c(-c3cnc(OCCC4CCCN(C(=O)OC(C)(C)C)C4)c(C(F)(F)F)c3)nc(C#N)nc21. The Kier molecular flexibility index (Phi) is 7.49. The molecule has 1 atom stereocenters. The first-order valence-corrected chi connectivity index (χ1v) is 12.3. The number of ether oxygens (including phenoxy) is 2. The molecule has 12 heteroatoms. The number of likely N-dealkylation sites (tertiary alicyclic amines) is 1. The van der Waals surface area contributed by atoms with Gasteiger partial charge in [-0.15, -0.1) is 0 Å². The molecule has 4 rings (SSSR count). The normalized spacial score (nSPS) is 16.4. The number of rotatable bonds is 5. The molecule has 9 nitrogen and oxygen atoms in total. The second kappa shape index (κ2) is 10.5. The molecule has 0 aliphatic carbocycles. The van der Waals surface area contributed by atoms with E-state index in [1.807, 2.05) is 6.07 Å². The van der Waals surface area contributed by atoms with Gasteiger partial charge in [0.1, 0.15) is 22.9 Å². The first kappa shape index (κ1) is 27.2. The predicted molar refractivity (Wildman–Crippen MR) is 132 cm³/mol. The van der Waals surface area contributed by atoms with Crippen molar-refractivity contribution in [3.63, 3.8) is 0 Å². The third-order valence-electron chi connectivity index (χ3n) is 6.19. The van der Waals surface area contributed by atoms with Crippen LogP contribution in [0.15, 0.2) is 24.5 Å². The molecule has 0 bridgehead atoms. The molecule has 1 aliphatic heterocycles. The average Bonchev–Trinajstić information content (AvgIpc) is 3.22. The molecule has 3 aromatic rings. The number of nitriles is 1. The van der Waals surface area contributed by atoms with Crippen molar-refractivity contribution in [3.8, 4) is 23.2 Å². The summed E-state index contributed by atoms with van der Waals surface area (Å²) in [5.74, 6) is -0.613. The van der Waals surface area contributed by atoms with Crippen LogP contribution < -0.4 is 4.74 Å². The van der Waals surface area contributed by atoms with Crippen molar-refractivity contribution >= 4 is 17.1 Å². The van der Waals surface area contributed by atoms with Crippen molar-refractivity contribution < 1.29 is 27.4 Å². The van der Waals surface area contributed by atoms with Crippen molar-refractivity contribution in [3.05, 3.63) is 35.9 Å². The van der Waals surface area contributed by atoms with Crippen LogP contribution in [0.5, 0.6) is 5.88 Å². The third kappa shape index (κ3) is 6.15. The minimum Gasteiger partial charge on any atom is -0.477 e. The minimum absolute atomic E-state index is 0.0112. The molecule has 0 aromatic carbocycles. The molecule has 0 spiro atoms. The van der Waals surface area contributed by atoms with Gasteiger partial charge >= 0.3 is 12.3 Å². The smallest absolute Gasteiger partial charge is 0.421 e. The average molecular weight is 531 g/mol. The highest BCUT2D eigenvalue weighted by atomic mass is 19.4. The summed E-state index contributed by atoms with van der Waals surface area (Å²) >= 11 is 0. The molecule has 0 radical (unpaired) electrons. The lowest BCUT2D eigenvalue weighted by Gasteiger charge is -2.34. The quantitative estimate of drug-likeness (QED) is 0.439. The van der Waals surface area contributed by atoms with Crippen LogP contribution in [0.3, 0.4) is 0 Å². The van der Waals surface area contributed by atoms with Gasteiger partial charge in [0.15, 0.2) is 0 Å². The number of pyridine rings is 1. The molecule has 1 unspecified atom stereocenters. The van der Waals surface area contributed by atoms with Crippen LogP contribution in [-0.4, -0.2) is 55.8 Å². The van der Waals surface area contributed by atoms with Crippen LogP contribution in [-0.2, 0) is 18.0 Å². The van der Waals surface area contributed by atoms with Gasteiger partial charge in [0.05, 0.1) is 12.3 Å². The van der Waals surface area contributed by atoms with Crippen LogP contribution in [0.1, 0.15) is 51.4 Å². The molecule has 4 heterocycles. The van der Waals surface area contributed by atoms with Gasteiger partial charge in [0, 0.05) is 43.5 Å². The van der Waals surface area contributed by atoms with Gasteiger partial charge in [-0.2, -0.15) is 18.4 Å². The van der Waals surface area contributed by atoms with E-state index in [1.165, 1.54) is 6.20 Å². The van der Waals surface area contributed by atoms with E-state index in [-0.39, 0.29) is 29.6 Å². The highest BCUT2D eigenvalue weighted by molar-refractivity contribution is 5.91. The maximum atomic E-state index is 14.0. The molecule has 1 amide bonds. The standard InChI is InChI=1S/C26H29F3N6O3/c1-25(2,3)38-24(36)35-9-5-6-16(15-35)8-11-37-23-19(26(27,28)29)12-17(14-31-23)21-18-7-10-34(4)22(18)33-20(13-30)32-21/h7,10,12,14,16H,5-6,8-9,11,15H2,1-4H3. The zero-order valence-corrected chi connectivity index (χ0v) is 21.7. The van der Waals surface area contributed by atoms with E-state index in [2.05, 4.69) is 15.0 Å². The lowest BCUT2D eigenvalue weighted by molar-refractivity contribution is -0.139. The van der Waals surface area contributed by atoms with E-state index < -0.39 is 29.3 Å². The van der Waals surface area contributed by atoms with Gasteiger partial charge in [-0.25, -0.2) is 19.7 Å². The fourth-order valence-electron chi connectivity index (χ4n) is 4.42.